The normalized spacial score (nSPS) is 23.5. The van der Waals surface area contributed by atoms with Gasteiger partial charge in [0, 0.05) is 18.6 Å². The Bertz CT molecular complexity index is 198. The summed E-state index contributed by atoms with van der Waals surface area (Å²) in [6.45, 7) is 6.56. The van der Waals surface area contributed by atoms with E-state index in [1.807, 2.05) is 20.8 Å². The largest absolute Gasteiger partial charge is 0.444 e. The molecule has 1 atom stereocenters. The van der Waals surface area contributed by atoms with Gasteiger partial charge in [-0.25, -0.2) is 4.79 Å². The molecule has 0 saturated carbocycles. The third kappa shape index (κ3) is 2.34. The van der Waals surface area contributed by atoms with E-state index in [9.17, 15) is 4.79 Å². The van der Waals surface area contributed by atoms with Gasteiger partial charge in [-0.1, -0.05) is 0 Å². The molecule has 1 aliphatic rings. The predicted octanol–water partition coefficient (Wildman–Crippen LogP) is 0.988. The van der Waals surface area contributed by atoms with Crippen molar-refractivity contribution < 1.29 is 14.6 Å². The Kier molecular flexibility index (Phi) is 2.81. The summed E-state index contributed by atoms with van der Waals surface area (Å²) in [5.41, 5.74) is -0.193. The molecular formula is C9H17NO3. The number of carbonyl (C=O) groups is 1. The van der Waals surface area contributed by atoms with E-state index in [4.69, 9.17) is 9.84 Å². The fourth-order valence-corrected chi connectivity index (χ4v) is 1.36. The molecule has 0 aromatic carbocycles. The summed E-state index contributed by atoms with van der Waals surface area (Å²) in [5, 5.41) is 8.69. The van der Waals surface area contributed by atoms with Crippen molar-refractivity contribution in [1.29, 1.82) is 0 Å². The van der Waals surface area contributed by atoms with Crippen LogP contribution in [0.25, 0.3) is 0 Å². The highest BCUT2D eigenvalue weighted by molar-refractivity contribution is 5.70. The molecule has 0 aliphatic carbocycles. The van der Waals surface area contributed by atoms with Gasteiger partial charge < -0.3 is 9.84 Å². The van der Waals surface area contributed by atoms with Gasteiger partial charge in [0.25, 0.3) is 0 Å². The summed E-state index contributed by atoms with van der Waals surface area (Å²) in [6.07, 6.45) is 0.112. The molecule has 1 N–H and O–H groups in total. The lowest BCUT2D eigenvalue weighted by molar-refractivity contribution is 0.111. The molecule has 0 spiro atoms. The zero-order chi connectivity index (χ0) is 10.1. The van der Waals surface area contributed by atoms with Crippen molar-refractivity contribution in [2.24, 2.45) is 0 Å². The molecule has 4 nitrogen and oxygen atoms in total. The van der Waals surface area contributed by atoms with E-state index < -0.39 is 0 Å². The van der Waals surface area contributed by atoms with Crippen molar-refractivity contribution in [3.05, 3.63) is 0 Å². The zero-order valence-electron chi connectivity index (χ0n) is 8.41. The van der Waals surface area contributed by atoms with Crippen LogP contribution in [0.3, 0.4) is 0 Å². The van der Waals surface area contributed by atoms with E-state index >= 15 is 0 Å². The first kappa shape index (κ1) is 10.3. The van der Waals surface area contributed by atoms with E-state index in [1.54, 1.807) is 4.90 Å². The van der Waals surface area contributed by atoms with Gasteiger partial charge in [0.15, 0.2) is 0 Å². The molecule has 1 aliphatic heterocycles. The van der Waals surface area contributed by atoms with Gasteiger partial charge in [0.05, 0.1) is 6.54 Å². The number of carbonyl (C=O) groups excluding carboxylic acids is 1. The van der Waals surface area contributed by atoms with Gasteiger partial charge in [0.1, 0.15) is 6.10 Å². The van der Waals surface area contributed by atoms with Crippen LogP contribution < -0.4 is 0 Å². The molecular weight excluding hydrogens is 170 g/mol. The Morgan fingerprint density at radius 3 is 2.62 bits per heavy atom. The maximum Gasteiger partial charge on any atom is 0.410 e. The molecule has 1 unspecified atom stereocenters. The minimum Gasteiger partial charge on any atom is -0.444 e. The SMILES string of the molecule is CC(C)(C)N1CC(CCO)OC1=O. The Morgan fingerprint density at radius 2 is 2.23 bits per heavy atom. The Morgan fingerprint density at radius 1 is 1.62 bits per heavy atom. The fraction of sp³-hybridized carbons (Fsp3) is 0.889. The number of hydrogen-bond acceptors (Lipinski definition) is 3. The third-order valence-corrected chi connectivity index (χ3v) is 2.13. The van der Waals surface area contributed by atoms with Crippen LogP contribution in [0.2, 0.25) is 0 Å². The van der Waals surface area contributed by atoms with Crippen LogP contribution in [0.5, 0.6) is 0 Å². The molecule has 1 saturated heterocycles. The first-order chi connectivity index (χ1) is 5.95. The van der Waals surface area contributed by atoms with Crippen LogP contribution in [0.4, 0.5) is 4.79 Å². The molecule has 76 valence electrons. The zero-order valence-corrected chi connectivity index (χ0v) is 8.41. The molecule has 0 aromatic heterocycles. The van der Waals surface area contributed by atoms with Gasteiger partial charge >= 0.3 is 6.09 Å². The van der Waals surface area contributed by atoms with Crippen molar-refractivity contribution >= 4 is 6.09 Å². The van der Waals surface area contributed by atoms with Crippen LogP contribution >= 0.6 is 0 Å². The molecule has 4 heteroatoms. The van der Waals surface area contributed by atoms with Crippen LogP contribution in [0, 0.1) is 0 Å². The number of hydrogen-bond donors (Lipinski definition) is 1. The van der Waals surface area contributed by atoms with E-state index in [0.717, 1.165) is 0 Å². The van der Waals surface area contributed by atoms with Crippen molar-refractivity contribution in [1.82, 2.24) is 4.90 Å². The van der Waals surface area contributed by atoms with Gasteiger partial charge in [0.2, 0.25) is 0 Å². The number of nitrogens with zero attached hydrogens (tertiary/aromatic N) is 1. The Balaban J connectivity index is 2.57. The van der Waals surface area contributed by atoms with Gasteiger partial charge in [-0.2, -0.15) is 0 Å². The van der Waals surface area contributed by atoms with Crippen LogP contribution in [0.15, 0.2) is 0 Å². The second-order valence-electron chi connectivity index (χ2n) is 4.30. The first-order valence-corrected chi connectivity index (χ1v) is 4.54. The molecule has 13 heavy (non-hydrogen) atoms. The highest BCUT2D eigenvalue weighted by atomic mass is 16.6. The summed E-state index contributed by atoms with van der Waals surface area (Å²) < 4.78 is 5.07. The van der Waals surface area contributed by atoms with E-state index in [2.05, 4.69) is 0 Å². The average Bonchev–Trinajstić information content (AvgIpc) is 2.30. The van der Waals surface area contributed by atoms with E-state index in [-0.39, 0.29) is 24.3 Å². The fourth-order valence-electron chi connectivity index (χ4n) is 1.36. The van der Waals surface area contributed by atoms with Crippen molar-refractivity contribution in [3.63, 3.8) is 0 Å². The quantitative estimate of drug-likeness (QED) is 0.701. The topological polar surface area (TPSA) is 49.8 Å². The minimum absolute atomic E-state index is 0.0654. The monoisotopic (exact) mass is 187 g/mol. The lowest BCUT2D eigenvalue weighted by Gasteiger charge is -2.29. The minimum atomic E-state index is -0.272. The second kappa shape index (κ2) is 3.54. The third-order valence-electron chi connectivity index (χ3n) is 2.13. The predicted molar refractivity (Wildman–Crippen MR) is 48.4 cm³/mol. The highest BCUT2D eigenvalue weighted by Crippen LogP contribution is 2.22. The summed E-state index contributed by atoms with van der Waals surface area (Å²) in [6, 6.07) is 0. The Labute approximate surface area is 78.5 Å². The van der Waals surface area contributed by atoms with Crippen LogP contribution in [0.1, 0.15) is 27.2 Å². The smallest absolute Gasteiger partial charge is 0.410 e. The van der Waals surface area contributed by atoms with Crippen molar-refractivity contribution in [2.45, 2.75) is 38.8 Å². The van der Waals surface area contributed by atoms with Gasteiger partial charge in [-0.15, -0.1) is 0 Å². The molecule has 0 bridgehead atoms. The number of aliphatic hydroxyl groups excluding tert-OH is 1. The first-order valence-electron chi connectivity index (χ1n) is 4.54. The number of rotatable bonds is 2. The number of amides is 1. The molecule has 0 radical (unpaired) electrons. The van der Waals surface area contributed by atoms with Crippen LogP contribution in [-0.4, -0.2) is 40.9 Å². The molecule has 1 heterocycles. The summed E-state index contributed by atoms with van der Waals surface area (Å²) in [5.74, 6) is 0. The number of cyclic esters (lactones) is 1. The van der Waals surface area contributed by atoms with Crippen LogP contribution in [-0.2, 0) is 4.74 Å². The lowest BCUT2D eigenvalue weighted by atomic mass is 10.1. The maximum absolute atomic E-state index is 11.3. The summed E-state index contributed by atoms with van der Waals surface area (Å²) >= 11 is 0. The van der Waals surface area contributed by atoms with E-state index in [1.165, 1.54) is 0 Å². The highest BCUT2D eigenvalue weighted by Gasteiger charge is 2.37. The summed E-state index contributed by atoms with van der Waals surface area (Å²) in [4.78, 5) is 13.0. The van der Waals surface area contributed by atoms with Crippen molar-refractivity contribution in [3.8, 4) is 0 Å². The van der Waals surface area contributed by atoms with Crippen molar-refractivity contribution in [2.75, 3.05) is 13.2 Å². The standard InChI is InChI=1S/C9H17NO3/c1-9(2,3)10-6-7(4-5-11)13-8(10)12/h7,11H,4-6H2,1-3H3. The van der Waals surface area contributed by atoms with Gasteiger partial charge in [-0.3, -0.25) is 4.90 Å². The molecule has 1 rings (SSSR count). The summed E-state index contributed by atoms with van der Waals surface area (Å²) in [7, 11) is 0. The maximum atomic E-state index is 11.3. The molecule has 1 fully saturated rings. The second-order valence-corrected chi connectivity index (χ2v) is 4.30. The van der Waals surface area contributed by atoms with Gasteiger partial charge in [-0.05, 0) is 20.8 Å². The average molecular weight is 187 g/mol. The number of ether oxygens (including phenoxy) is 1. The molecule has 0 aromatic rings. The lowest BCUT2D eigenvalue weighted by Crippen LogP contribution is -2.42. The van der Waals surface area contributed by atoms with E-state index in [0.29, 0.717) is 13.0 Å². The molecule has 1 amide bonds. The Hall–Kier alpha value is -0.770. The number of aliphatic hydroxyl groups is 1.